The second-order valence-corrected chi connectivity index (χ2v) is 4.25. The van der Waals surface area contributed by atoms with Gasteiger partial charge >= 0.3 is 0 Å². The normalized spacial score (nSPS) is 12.7. The largest absolute Gasteiger partial charge is 0.383 e. The van der Waals surface area contributed by atoms with Crippen molar-refractivity contribution in [2.75, 3.05) is 20.3 Å². The van der Waals surface area contributed by atoms with Crippen LogP contribution in [0.4, 0.5) is 0 Å². The van der Waals surface area contributed by atoms with Gasteiger partial charge < -0.3 is 10.1 Å². The van der Waals surface area contributed by atoms with Gasteiger partial charge in [0.2, 0.25) is 0 Å². The molecule has 0 fully saturated rings. The fraction of sp³-hybridized carbons (Fsp3) is 0.571. The lowest BCUT2D eigenvalue weighted by atomic mass is 10.1. The Kier molecular flexibility index (Phi) is 6.12. The molecule has 1 aromatic rings. The number of aryl methyl sites for hydroxylation is 1. The Balaban J connectivity index is 2.26. The second-order valence-electron chi connectivity index (χ2n) is 4.25. The lowest BCUT2D eigenvalue weighted by Gasteiger charge is -2.15. The summed E-state index contributed by atoms with van der Waals surface area (Å²) in [5, 5.41) is 3.51. The van der Waals surface area contributed by atoms with E-state index in [1.54, 1.807) is 7.11 Å². The van der Waals surface area contributed by atoms with Gasteiger partial charge in [-0.05, 0) is 31.9 Å². The summed E-state index contributed by atoms with van der Waals surface area (Å²) >= 11 is 0. The first kappa shape index (κ1) is 13.2. The number of hydrogen-bond acceptors (Lipinski definition) is 2. The fourth-order valence-corrected chi connectivity index (χ4v) is 1.70. The van der Waals surface area contributed by atoms with E-state index in [1.165, 1.54) is 11.1 Å². The number of rotatable bonds is 7. The van der Waals surface area contributed by atoms with E-state index < -0.39 is 0 Å². The third-order valence-corrected chi connectivity index (χ3v) is 2.83. The maximum absolute atomic E-state index is 5.15. The van der Waals surface area contributed by atoms with E-state index in [9.17, 15) is 0 Å². The summed E-state index contributed by atoms with van der Waals surface area (Å²) in [5.74, 6) is 0. The molecule has 0 radical (unpaired) electrons. The molecule has 0 saturated carbocycles. The van der Waals surface area contributed by atoms with Crippen molar-refractivity contribution in [3.05, 3.63) is 35.4 Å². The Morgan fingerprint density at radius 2 is 1.94 bits per heavy atom. The van der Waals surface area contributed by atoms with Crippen molar-refractivity contribution in [3.8, 4) is 0 Å². The van der Waals surface area contributed by atoms with Gasteiger partial charge in [-0.1, -0.05) is 36.8 Å². The van der Waals surface area contributed by atoms with Crippen LogP contribution in [0.3, 0.4) is 0 Å². The molecule has 0 aliphatic heterocycles. The smallest absolute Gasteiger partial charge is 0.0615 e. The SMILES string of the molecule is CCC(COC)NCCc1ccc(C)cc1. The molecule has 0 amide bonds. The Labute approximate surface area is 99.0 Å². The summed E-state index contributed by atoms with van der Waals surface area (Å²) in [4.78, 5) is 0. The van der Waals surface area contributed by atoms with E-state index in [0.29, 0.717) is 6.04 Å². The van der Waals surface area contributed by atoms with E-state index in [-0.39, 0.29) is 0 Å². The lowest BCUT2D eigenvalue weighted by Crippen LogP contribution is -2.34. The van der Waals surface area contributed by atoms with Crippen LogP contribution in [0, 0.1) is 6.92 Å². The number of methoxy groups -OCH3 is 1. The average molecular weight is 221 g/mol. The van der Waals surface area contributed by atoms with Gasteiger partial charge in [0.25, 0.3) is 0 Å². The molecule has 2 heteroatoms. The quantitative estimate of drug-likeness (QED) is 0.764. The Hall–Kier alpha value is -0.860. The highest BCUT2D eigenvalue weighted by Crippen LogP contribution is 2.03. The Morgan fingerprint density at radius 3 is 2.50 bits per heavy atom. The molecule has 1 unspecified atom stereocenters. The molecule has 0 heterocycles. The Bertz CT molecular complexity index is 281. The highest BCUT2D eigenvalue weighted by Gasteiger charge is 2.03. The van der Waals surface area contributed by atoms with Crippen LogP contribution in [0.1, 0.15) is 24.5 Å². The van der Waals surface area contributed by atoms with Crippen LogP contribution in [0.25, 0.3) is 0 Å². The average Bonchev–Trinajstić information content (AvgIpc) is 2.30. The van der Waals surface area contributed by atoms with Crippen molar-refractivity contribution in [1.82, 2.24) is 5.32 Å². The molecule has 0 aromatic heterocycles. The molecule has 90 valence electrons. The van der Waals surface area contributed by atoms with Crippen LogP contribution in [0.5, 0.6) is 0 Å². The summed E-state index contributed by atoms with van der Waals surface area (Å²) in [6.07, 6.45) is 2.20. The number of nitrogens with one attached hydrogen (secondary N) is 1. The lowest BCUT2D eigenvalue weighted by molar-refractivity contribution is 0.165. The van der Waals surface area contributed by atoms with Gasteiger partial charge in [-0.15, -0.1) is 0 Å². The third-order valence-electron chi connectivity index (χ3n) is 2.83. The molecular weight excluding hydrogens is 198 g/mol. The summed E-state index contributed by atoms with van der Waals surface area (Å²) < 4.78 is 5.15. The molecule has 0 spiro atoms. The molecule has 0 bridgehead atoms. The van der Waals surface area contributed by atoms with Crippen molar-refractivity contribution in [2.45, 2.75) is 32.7 Å². The van der Waals surface area contributed by atoms with E-state index in [4.69, 9.17) is 4.74 Å². The van der Waals surface area contributed by atoms with Crippen LogP contribution in [0.15, 0.2) is 24.3 Å². The summed E-state index contributed by atoms with van der Waals surface area (Å²) in [7, 11) is 1.75. The van der Waals surface area contributed by atoms with Gasteiger partial charge in [0.15, 0.2) is 0 Å². The van der Waals surface area contributed by atoms with Crippen molar-refractivity contribution in [3.63, 3.8) is 0 Å². The molecule has 0 saturated heterocycles. The highest BCUT2D eigenvalue weighted by atomic mass is 16.5. The molecule has 16 heavy (non-hydrogen) atoms. The predicted octanol–water partition coefficient (Wildman–Crippen LogP) is 2.55. The summed E-state index contributed by atoms with van der Waals surface area (Å²) in [5.41, 5.74) is 2.72. The van der Waals surface area contributed by atoms with Gasteiger partial charge in [-0.3, -0.25) is 0 Å². The van der Waals surface area contributed by atoms with Crippen LogP contribution < -0.4 is 5.32 Å². The zero-order valence-electron chi connectivity index (χ0n) is 10.6. The van der Waals surface area contributed by atoms with Gasteiger partial charge in [-0.2, -0.15) is 0 Å². The summed E-state index contributed by atoms with van der Waals surface area (Å²) in [6, 6.07) is 9.22. The number of ether oxygens (including phenoxy) is 1. The van der Waals surface area contributed by atoms with E-state index in [2.05, 4.69) is 43.4 Å². The zero-order chi connectivity index (χ0) is 11.8. The van der Waals surface area contributed by atoms with Gasteiger partial charge in [-0.25, -0.2) is 0 Å². The molecule has 2 nitrogen and oxygen atoms in total. The minimum absolute atomic E-state index is 0.482. The van der Waals surface area contributed by atoms with Crippen molar-refractivity contribution >= 4 is 0 Å². The number of benzene rings is 1. The topological polar surface area (TPSA) is 21.3 Å². The van der Waals surface area contributed by atoms with E-state index in [1.807, 2.05) is 0 Å². The van der Waals surface area contributed by atoms with Crippen LogP contribution >= 0.6 is 0 Å². The first-order valence-corrected chi connectivity index (χ1v) is 6.04. The molecule has 0 aliphatic carbocycles. The number of hydrogen-bond donors (Lipinski definition) is 1. The molecule has 1 aromatic carbocycles. The first-order valence-electron chi connectivity index (χ1n) is 6.04. The van der Waals surface area contributed by atoms with Gasteiger partial charge in [0.1, 0.15) is 0 Å². The standard InChI is InChI=1S/C14H23NO/c1-4-14(11-16-3)15-10-9-13-7-5-12(2)6-8-13/h5-8,14-15H,4,9-11H2,1-3H3. The zero-order valence-corrected chi connectivity index (χ0v) is 10.6. The van der Waals surface area contributed by atoms with Crippen LogP contribution in [-0.2, 0) is 11.2 Å². The van der Waals surface area contributed by atoms with Gasteiger partial charge in [0.05, 0.1) is 6.61 Å². The van der Waals surface area contributed by atoms with E-state index in [0.717, 1.165) is 26.0 Å². The van der Waals surface area contributed by atoms with Crippen LogP contribution in [-0.4, -0.2) is 26.3 Å². The molecule has 0 aliphatic rings. The van der Waals surface area contributed by atoms with Gasteiger partial charge in [0, 0.05) is 13.2 Å². The molecule has 1 rings (SSSR count). The predicted molar refractivity (Wildman–Crippen MR) is 68.8 cm³/mol. The monoisotopic (exact) mass is 221 g/mol. The highest BCUT2D eigenvalue weighted by molar-refractivity contribution is 5.21. The maximum Gasteiger partial charge on any atom is 0.0615 e. The first-order chi connectivity index (χ1) is 7.76. The molecule has 1 atom stereocenters. The van der Waals surface area contributed by atoms with Crippen molar-refractivity contribution in [1.29, 1.82) is 0 Å². The maximum atomic E-state index is 5.15. The summed E-state index contributed by atoms with van der Waals surface area (Å²) in [6.45, 7) is 6.12. The second kappa shape index (κ2) is 7.42. The minimum atomic E-state index is 0.482. The van der Waals surface area contributed by atoms with E-state index >= 15 is 0 Å². The van der Waals surface area contributed by atoms with Crippen LogP contribution in [0.2, 0.25) is 0 Å². The third kappa shape index (κ3) is 4.77. The molecule has 1 N–H and O–H groups in total. The van der Waals surface area contributed by atoms with Crippen molar-refractivity contribution in [2.24, 2.45) is 0 Å². The Morgan fingerprint density at radius 1 is 1.25 bits per heavy atom. The van der Waals surface area contributed by atoms with Crippen molar-refractivity contribution < 1.29 is 4.74 Å². The molecular formula is C14H23NO. The minimum Gasteiger partial charge on any atom is -0.383 e. The fourth-order valence-electron chi connectivity index (χ4n) is 1.70.